The summed E-state index contributed by atoms with van der Waals surface area (Å²) < 4.78 is 5.89. The van der Waals surface area contributed by atoms with Crippen LogP contribution in [0.25, 0.3) is 10.9 Å². The molecule has 0 saturated carbocycles. The number of aromatic nitrogens is 1. The number of fused-ring (bicyclic) bond motifs is 1. The van der Waals surface area contributed by atoms with E-state index in [1.807, 2.05) is 13.0 Å². The predicted octanol–water partition coefficient (Wildman–Crippen LogP) is 4.26. The molecule has 0 saturated heterocycles. The van der Waals surface area contributed by atoms with E-state index in [9.17, 15) is 4.79 Å². The van der Waals surface area contributed by atoms with E-state index in [0.717, 1.165) is 9.86 Å². The van der Waals surface area contributed by atoms with Gasteiger partial charge in [-0.3, -0.25) is 4.98 Å². The van der Waals surface area contributed by atoms with Gasteiger partial charge in [-0.05, 0) is 26.0 Å². The van der Waals surface area contributed by atoms with Crippen LogP contribution in [0.3, 0.4) is 0 Å². The summed E-state index contributed by atoms with van der Waals surface area (Å²) in [6.45, 7) is 4.73. The standard InChI is InChI=1S/C14H14BrClN2O2/c1-3-17-12-9-5-8(15)6-11(16)13(9)18-7-10(12)14(19)20-4-2/h5-7H,3-4H2,1-2H3,(H,17,18). The van der Waals surface area contributed by atoms with Crippen LogP contribution in [0.1, 0.15) is 24.2 Å². The maximum Gasteiger partial charge on any atom is 0.341 e. The number of carbonyl (C=O) groups is 1. The first-order chi connectivity index (χ1) is 9.58. The van der Waals surface area contributed by atoms with Gasteiger partial charge in [-0.15, -0.1) is 0 Å². The molecule has 2 rings (SSSR count). The zero-order chi connectivity index (χ0) is 14.7. The van der Waals surface area contributed by atoms with Gasteiger partial charge in [0.2, 0.25) is 0 Å². The third kappa shape index (κ3) is 2.88. The molecule has 0 aliphatic rings. The van der Waals surface area contributed by atoms with Gasteiger partial charge in [-0.25, -0.2) is 4.79 Å². The minimum absolute atomic E-state index is 0.321. The highest BCUT2D eigenvalue weighted by molar-refractivity contribution is 9.10. The van der Waals surface area contributed by atoms with E-state index >= 15 is 0 Å². The number of anilines is 1. The monoisotopic (exact) mass is 356 g/mol. The summed E-state index contributed by atoms with van der Waals surface area (Å²) in [7, 11) is 0. The molecule has 0 aliphatic heterocycles. The second-order valence-electron chi connectivity index (χ2n) is 4.08. The predicted molar refractivity (Wildman–Crippen MR) is 84.6 cm³/mol. The molecule has 106 valence electrons. The lowest BCUT2D eigenvalue weighted by Crippen LogP contribution is -2.11. The number of halogens is 2. The third-order valence-electron chi connectivity index (χ3n) is 2.74. The summed E-state index contributed by atoms with van der Waals surface area (Å²) in [5, 5.41) is 4.51. The molecule has 0 amide bonds. The van der Waals surface area contributed by atoms with Crippen LogP contribution in [0, 0.1) is 0 Å². The number of pyridine rings is 1. The number of rotatable bonds is 4. The highest BCUT2D eigenvalue weighted by Crippen LogP contribution is 2.33. The summed E-state index contributed by atoms with van der Waals surface area (Å²) in [5.41, 5.74) is 1.76. The average molecular weight is 358 g/mol. The van der Waals surface area contributed by atoms with E-state index in [0.29, 0.717) is 34.9 Å². The van der Waals surface area contributed by atoms with Gasteiger partial charge < -0.3 is 10.1 Å². The molecule has 0 unspecified atom stereocenters. The molecule has 0 bridgehead atoms. The summed E-state index contributed by atoms with van der Waals surface area (Å²) in [6.07, 6.45) is 1.50. The Balaban J connectivity index is 2.71. The number of nitrogens with one attached hydrogen (secondary N) is 1. The van der Waals surface area contributed by atoms with Gasteiger partial charge >= 0.3 is 5.97 Å². The molecular formula is C14H14BrClN2O2. The van der Waals surface area contributed by atoms with Crippen LogP contribution in [-0.4, -0.2) is 24.1 Å². The molecule has 0 radical (unpaired) electrons. The molecule has 1 heterocycles. The zero-order valence-electron chi connectivity index (χ0n) is 11.2. The van der Waals surface area contributed by atoms with Crippen molar-refractivity contribution in [1.29, 1.82) is 0 Å². The van der Waals surface area contributed by atoms with Crippen LogP contribution in [0.15, 0.2) is 22.8 Å². The second-order valence-corrected chi connectivity index (χ2v) is 5.40. The summed E-state index contributed by atoms with van der Waals surface area (Å²) in [5.74, 6) is -0.394. The van der Waals surface area contributed by atoms with Crippen molar-refractivity contribution in [3.63, 3.8) is 0 Å². The molecule has 0 aliphatic carbocycles. The number of nitrogens with zero attached hydrogens (tertiary/aromatic N) is 1. The first-order valence-electron chi connectivity index (χ1n) is 6.27. The van der Waals surface area contributed by atoms with Gasteiger partial charge in [0.05, 0.1) is 22.8 Å². The van der Waals surface area contributed by atoms with Crippen molar-refractivity contribution in [1.82, 2.24) is 4.98 Å². The smallest absolute Gasteiger partial charge is 0.341 e. The van der Waals surface area contributed by atoms with Crippen molar-refractivity contribution in [2.75, 3.05) is 18.5 Å². The molecule has 20 heavy (non-hydrogen) atoms. The van der Waals surface area contributed by atoms with Crippen LogP contribution in [0.5, 0.6) is 0 Å². The van der Waals surface area contributed by atoms with Crippen molar-refractivity contribution < 1.29 is 9.53 Å². The molecule has 4 nitrogen and oxygen atoms in total. The SMILES string of the molecule is CCNc1c(C(=O)OCC)cnc2c(Cl)cc(Br)cc12. The number of hydrogen-bond donors (Lipinski definition) is 1. The molecule has 0 spiro atoms. The number of hydrogen-bond acceptors (Lipinski definition) is 4. The van der Waals surface area contributed by atoms with Crippen molar-refractivity contribution in [3.05, 3.63) is 33.4 Å². The molecule has 6 heteroatoms. The Kier molecular flexibility index (Phi) is 4.83. The largest absolute Gasteiger partial charge is 0.462 e. The quantitative estimate of drug-likeness (QED) is 0.831. The molecule has 1 N–H and O–H groups in total. The lowest BCUT2D eigenvalue weighted by Gasteiger charge is -2.13. The van der Waals surface area contributed by atoms with E-state index in [1.165, 1.54) is 6.20 Å². The fourth-order valence-electron chi connectivity index (χ4n) is 1.96. The highest BCUT2D eigenvalue weighted by Gasteiger charge is 2.17. The van der Waals surface area contributed by atoms with E-state index in [4.69, 9.17) is 16.3 Å². The Bertz CT molecular complexity index is 661. The van der Waals surface area contributed by atoms with Crippen molar-refractivity contribution in [3.8, 4) is 0 Å². The number of esters is 1. The topological polar surface area (TPSA) is 51.2 Å². The van der Waals surface area contributed by atoms with Crippen molar-refractivity contribution in [2.45, 2.75) is 13.8 Å². The molecule has 1 aromatic carbocycles. The van der Waals surface area contributed by atoms with Gasteiger partial charge in [0.1, 0.15) is 5.56 Å². The Morgan fingerprint density at radius 2 is 2.20 bits per heavy atom. The summed E-state index contributed by atoms with van der Waals surface area (Å²) in [4.78, 5) is 16.3. The fraction of sp³-hybridized carbons (Fsp3) is 0.286. The van der Waals surface area contributed by atoms with Gasteiger partial charge in [-0.2, -0.15) is 0 Å². The molecule has 0 fully saturated rings. The Morgan fingerprint density at radius 3 is 2.85 bits per heavy atom. The van der Waals surface area contributed by atoms with Gasteiger partial charge in [-0.1, -0.05) is 27.5 Å². The van der Waals surface area contributed by atoms with Crippen molar-refractivity contribution in [2.24, 2.45) is 0 Å². The van der Waals surface area contributed by atoms with Crippen LogP contribution in [-0.2, 0) is 4.74 Å². The minimum Gasteiger partial charge on any atom is -0.462 e. The normalized spacial score (nSPS) is 10.6. The molecular weight excluding hydrogens is 344 g/mol. The Hall–Kier alpha value is -1.33. The third-order valence-corrected chi connectivity index (χ3v) is 3.48. The first kappa shape index (κ1) is 15.1. The van der Waals surface area contributed by atoms with Crippen LogP contribution >= 0.6 is 27.5 Å². The summed E-state index contributed by atoms with van der Waals surface area (Å²) >= 11 is 9.60. The van der Waals surface area contributed by atoms with Gasteiger partial charge in [0, 0.05) is 22.6 Å². The summed E-state index contributed by atoms with van der Waals surface area (Å²) in [6, 6.07) is 3.66. The lowest BCUT2D eigenvalue weighted by molar-refractivity contribution is 0.0527. The van der Waals surface area contributed by atoms with Gasteiger partial charge in [0.15, 0.2) is 0 Å². The Labute approximate surface area is 130 Å². The molecule has 0 atom stereocenters. The molecule has 2 aromatic rings. The fourth-order valence-corrected chi connectivity index (χ4v) is 2.82. The van der Waals surface area contributed by atoms with E-state index in [2.05, 4.69) is 26.2 Å². The van der Waals surface area contributed by atoms with Crippen LogP contribution in [0.4, 0.5) is 5.69 Å². The second kappa shape index (κ2) is 6.41. The maximum absolute atomic E-state index is 12.0. The average Bonchev–Trinajstić information content (AvgIpc) is 2.39. The Morgan fingerprint density at radius 1 is 1.45 bits per heavy atom. The van der Waals surface area contributed by atoms with Gasteiger partial charge in [0.25, 0.3) is 0 Å². The number of ether oxygens (including phenoxy) is 1. The van der Waals surface area contributed by atoms with Crippen LogP contribution < -0.4 is 5.32 Å². The van der Waals surface area contributed by atoms with Crippen molar-refractivity contribution >= 4 is 50.1 Å². The first-order valence-corrected chi connectivity index (χ1v) is 7.44. The van der Waals surface area contributed by atoms with Crippen LogP contribution in [0.2, 0.25) is 5.02 Å². The van der Waals surface area contributed by atoms with E-state index in [1.54, 1.807) is 13.0 Å². The number of benzene rings is 1. The maximum atomic E-state index is 12.0. The van der Waals surface area contributed by atoms with E-state index in [-0.39, 0.29) is 0 Å². The highest BCUT2D eigenvalue weighted by atomic mass is 79.9. The number of carbonyl (C=O) groups excluding carboxylic acids is 1. The zero-order valence-corrected chi connectivity index (χ0v) is 13.5. The lowest BCUT2D eigenvalue weighted by atomic mass is 10.1. The molecule has 1 aromatic heterocycles. The minimum atomic E-state index is -0.394. The van der Waals surface area contributed by atoms with E-state index < -0.39 is 5.97 Å².